The Morgan fingerprint density at radius 3 is 2.85 bits per heavy atom. The van der Waals surface area contributed by atoms with Crippen molar-refractivity contribution in [2.24, 2.45) is 5.73 Å². The van der Waals surface area contributed by atoms with Crippen LogP contribution in [0.3, 0.4) is 0 Å². The maximum Gasteiger partial charge on any atom is 0.183 e. The summed E-state index contributed by atoms with van der Waals surface area (Å²) in [6, 6.07) is -0.535. The molecule has 0 spiro atoms. The number of Topliss-reactive ketones (excluding diaryl/α,β-unsaturated/α-hetero) is 1. The first kappa shape index (κ1) is 10.2. The first-order valence-electron chi connectivity index (χ1n) is 4.09. The summed E-state index contributed by atoms with van der Waals surface area (Å²) in [5.74, 6) is -0.176. The highest BCUT2D eigenvalue weighted by Crippen LogP contribution is 2.16. The van der Waals surface area contributed by atoms with Crippen molar-refractivity contribution in [1.29, 1.82) is 0 Å². The molecule has 72 valence electrons. The van der Waals surface area contributed by atoms with Gasteiger partial charge in [-0.1, -0.05) is 11.6 Å². The van der Waals surface area contributed by atoms with Gasteiger partial charge in [0.1, 0.15) is 5.15 Å². The molecule has 0 aliphatic rings. The van der Waals surface area contributed by atoms with E-state index in [0.717, 1.165) is 0 Å². The third kappa shape index (κ3) is 1.89. The van der Waals surface area contributed by atoms with Crippen LogP contribution < -0.4 is 5.73 Å². The second kappa shape index (κ2) is 3.89. The van der Waals surface area contributed by atoms with Crippen molar-refractivity contribution in [2.75, 3.05) is 0 Å². The first-order valence-corrected chi connectivity index (χ1v) is 4.46. The number of aryl methyl sites for hydroxylation is 1. The van der Waals surface area contributed by atoms with Crippen LogP contribution in [0, 0.1) is 0 Å². The van der Waals surface area contributed by atoms with Gasteiger partial charge < -0.3 is 5.73 Å². The Labute approximate surface area is 81.7 Å². The highest BCUT2D eigenvalue weighted by atomic mass is 35.5. The van der Waals surface area contributed by atoms with E-state index in [1.165, 1.54) is 6.20 Å². The number of rotatable bonds is 3. The molecule has 0 radical (unpaired) electrons. The molecule has 0 fully saturated rings. The maximum absolute atomic E-state index is 11.4. The Balaban J connectivity index is 3.02. The quantitative estimate of drug-likeness (QED) is 0.745. The Morgan fingerprint density at radius 1 is 1.85 bits per heavy atom. The summed E-state index contributed by atoms with van der Waals surface area (Å²) in [4.78, 5) is 11.4. The van der Waals surface area contributed by atoms with Crippen molar-refractivity contribution >= 4 is 17.4 Å². The Hall–Kier alpha value is -0.870. The predicted octanol–water partition coefficient (Wildman–Crippen LogP) is 1.09. The average Bonchev–Trinajstić information content (AvgIpc) is 2.45. The lowest BCUT2D eigenvalue weighted by Crippen LogP contribution is -2.26. The molecule has 13 heavy (non-hydrogen) atoms. The molecule has 1 unspecified atom stereocenters. The van der Waals surface area contributed by atoms with E-state index in [9.17, 15) is 4.79 Å². The molecular formula is C8H12ClN3O. The van der Waals surface area contributed by atoms with E-state index < -0.39 is 6.04 Å². The lowest BCUT2D eigenvalue weighted by molar-refractivity contribution is 0.0968. The van der Waals surface area contributed by atoms with E-state index in [1.54, 1.807) is 11.6 Å². The first-order chi connectivity index (χ1) is 6.07. The van der Waals surface area contributed by atoms with Gasteiger partial charge in [-0.25, -0.2) is 0 Å². The third-order valence-electron chi connectivity index (χ3n) is 1.75. The predicted molar refractivity (Wildman–Crippen MR) is 50.9 cm³/mol. The number of carbonyl (C=O) groups is 1. The summed E-state index contributed by atoms with van der Waals surface area (Å²) in [7, 11) is 0. The number of nitrogens with zero attached hydrogens (tertiary/aromatic N) is 2. The van der Waals surface area contributed by atoms with Gasteiger partial charge in [0.2, 0.25) is 0 Å². The molecular weight excluding hydrogens is 190 g/mol. The molecule has 4 nitrogen and oxygen atoms in total. The van der Waals surface area contributed by atoms with Gasteiger partial charge in [0.05, 0.1) is 17.8 Å². The highest BCUT2D eigenvalue weighted by molar-refractivity contribution is 6.33. The topological polar surface area (TPSA) is 60.9 Å². The summed E-state index contributed by atoms with van der Waals surface area (Å²) in [5.41, 5.74) is 5.84. The van der Waals surface area contributed by atoms with Gasteiger partial charge in [0, 0.05) is 6.54 Å². The molecule has 0 aromatic carbocycles. The van der Waals surface area contributed by atoms with Crippen LogP contribution in [0.1, 0.15) is 24.2 Å². The molecule has 1 aromatic heterocycles. The summed E-state index contributed by atoms with van der Waals surface area (Å²) < 4.78 is 1.55. The molecule has 0 aliphatic carbocycles. The fraction of sp³-hybridized carbons (Fsp3) is 0.500. The normalized spacial score (nSPS) is 12.9. The van der Waals surface area contributed by atoms with Crippen molar-refractivity contribution in [3.8, 4) is 0 Å². The van der Waals surface area contributed by atoms with E-state index in [1.807, 2.05) is 6.92 Å². The van der Waals surface area contributed by atoms with E-state index in [0.29, 0.717) is 17.3 Å². The fourth-order valence-corrected chi connectivity index (χ4v) is 1.31. The minimum atomic E-state index is -0.535. The fourth-order valence-electron chi connectivity index (χ4n) is 1.00. The minimum absolute atomic E-state index is 0.176. The average molecular weight is 202 g/mol. The Bertz CT molecular complexity index is 319. The molecule has 5 heteroatoms. The molecule has 1 aromatic rings. The molecule has 2 N–H and O–H groups in total. The monoisotopic (exact) mass is 201 g/mol. The standard InChI is InChI=1S/C8H12ClN3O/c1-3-12-8(9)6(4-11-12)7(13)5(2)10/h4-5H,3,10H2,1-2H3. The Morgan fingerprint density at radius 2 is 2.46 bits per heavy atom. The van der Waals surface area contributed by atoms with Crippen LogP contribution in [0.2, 0.25) is 5.15 Å². The summed E-state index contributed by atoms with van der Waals surface area (Å²) in [6.45, 7) is 4.17. The van der Waals surface area contributed by atoms with Gasteiger partial charge >= 0.3 is 0 Å². The maximum atomic E-state index is 11.4. The molecule has 0 saturated carbocycles. The van der Waals surface area contributed by atoms with E-state index in [-0.39, 0.29) is 5.78 Å². The van der Waals surface area contributed by atoms with E-state index in [4.69, 9.17) is 17.3 Å². The molecule has 1 heterocycles. The largest absolute Gasteiger partial charge is 0.321 e. The van der Waals surface area contributed by atoms with Crippen LogP contribution >= 0.6 is 11.6 Å². The van der Waals surface area contributed by atoms with Crippen molar-refractivity contribution in [2.45, 2.75) is 26.4 Å². The van der Waals surface area contributed by atoms with Crippen LogP contribution in [0.15, 0.2) is 6.20 Å². The van der Waals surface area contributed by atoms with Crippen LogP contribution in [0.5, 0.6) is 0 Å². The van der Waals surface area contributed by atoms with Crippen molar-refractivity contribution in [3.63, 3.8) is 0 Å². The van der Waals surface area contributed by atoms with Gasteiger partial charge in [-0.3, -0.25) is 9.48 Å². The van der Waals surface area contributed by atoms with Crippen molar-refractivity contribution < 1.29 is 4.79 Å². The van der Waals surface area contributed by atoms with Crippen LogP contribution in [-0.2, 0) is 6.54 Å². The Kier molecular flexibility index (Phi) is 3.06. The van der Waals surface area contributed by atoms with Gasteiger partial charge in [-0.2, -0.15) is 5.10 Å². The second-order valence-corrected chi connectivity index (χ2v) is 3.18. The number of carbonyl (C=O) groups excluding carboxylic acids is 1. The van der Waals surface area contributed by atoms with Crippen molar-refractivity contribution in [3.05, 3.63) is 16.9 Å². The van der Waals surface area contributed by atoms with Gasteiger partial charge in [0.15, 0.2) is 5.78 Å². The molecule has 0 amide bonds. The van der Waals surface area contributed by atoms with Gasteiger partial charge in [-0.15, -0.1) is 0 Å². The number of ketones is 1. The molecule has 1 atom stereocenters. The van der Waals surface area contributed by atoms with E-state index in [2.05, 4.69) is 5.10 Å². The SMILES string of the molecule is CCn1ncc(C(=O)C(C)N)c1Cl. The summed E-state index contributed by atoms with van der Waals surface area (Å²) in [6.07, 6.45) is 1.46. The van der Waals surface area contributed by atoms with Gasteiger partial charge in [-0.05, 0) is 13.8 Å². The van der Waals surface area contributed by atoms with Crippen LogP contribution in [0.4, 0.5) is 0 Å². The smallest absolute Gasteiger partial charge is 0.183 e. The number of hydrogen-bond acceptors (Lipinski definition) is 3. The number of nitrogens with two attached hydrogens (primary N) is 1. The number of hydrogen-bond donors (Lipinski definition) is 1. The third-order valence-corrected chi connectivity index (χ3v) is 2.15. The zero-order chi connectivity index (χ0) is 10.0. The second-order valence-electron chi connectivity index (χ2n) is 2.82. The zero-order valence-corrected chi connectivity index (χ0v) is 8.38. The minimum Gasteiger partial charge on any atom is -0.321 e. The van der Waals surface area contributed by atoms with Gasteiger partial charge in [0.25, 0.3) is 0 Å². The number of aromatic nitrogens is 2. The number of halogens is 1. The van der Waals surface area contributed by atoms with Crippen LogP contribution in [0.25, 0.3) is 0 Å². The summed E-state index contributed by atoms with van der Waals surface area (Å²) in [5, 5.41) is 4.31. The highest BCUT2D eigenvalue weighted by Gasteiger charge is 2.17. The lowest BCUT2D eigenvalue weighted by Gasteiger charge is -2.02. The van der Waals surface area contributed by atoms with Crippen LogP contribution in [-0.4, -0.2) is 21.6 Å². The van der Waals surface area contributed by atoms with E-state index >= 15 is 0 Å². The summed E-state index contributed by atoms with van der Waals surface area (Å²) >= 11 is 5.89. The van der Waals surface area contributed by atoms with Crippen molar-refractivity contribution in [1.82, 2.24) is 9.78 Å². The lowest BCUT2D eigenvalue weighted by atomic mass is 10.1. The molecule has 1 rings (SSSR count). The zero-order valence-electron chi connectivity index (χ0n) is 7.62. The molecule has 0 saturated heterocycles. The molecule has 0 bridgehead atoms. The molecule has 0 aliphatic heterocycles.